The maximum Gasteiger partial charge on any atom is 0.410 e. The van der Waals surface area contributed by atoms with Gasteiger partial charge >= 0.3 is 12.2 Å². The van der Waals surface area contributed by atoms with Gasteiger partial charge in [0.2, 0.25) is 5.91 Å². The van der Waals surface area contributed by atoms with Gasteiger partial charge in [-0.15, -0.1) is 45.3 Å². The number of rotatable bonds is 21. The normalized spacial score (nSPS) is 13.3. The van der Waals surface area contributed by atoms with Crippen molar-refractivity contribution in [2.24, 2.45) is 0 Å². The molecule has 0 radical (unpaired) electrons. The summed E-state index contributed by atoms with van der Waals surface area (Å²) in [6.45, 7) is 22.0. The van der Waals surface area contributed by atoms with Gasteiger partial charge in [-0.25, -0.2) is 19.6 Å². The number of nitrogens with zero attached hydrogens (tertiary/aromatic N) is 5. The van der Waals surface area contributed by atoms with Crippen LogP contribution in [0.4, 0.5) is 14.6 Å². The fraction of sp³-hybridized carbons (Fsp3) is 0.517. The molecule has 0 unspecified atom stereocenters. The lowest BCUT2D eigenvalue weighted by molar-refractivity contribution is -0.118. The fourth-order valence-electron chi connectivity index (χ4n) is 8.63. The van der Waals surface area contributed by atoms with Gasteiger partial charge in [0, 0.05) is 113 Å². The van der Waals surface area contributed by atoms with Crippen molar-refractivity contribution in [3.05, 3.63) is 86.9 Å². The van der Waals surface area contributed by atoms with Crippen molar-refractivity contribution in [2.75, 3.05) is 92.9 Å². The largest absolute Gasteiger partial charge is 0.444 e. The van der Waals surface area contributed by atoms with E-state index >= 15 is 0 Å². The number of anilines is 1. The molecular formula is C58H78N6O10S4. The van der Waals surface area contributed by atoms with E-state index in [4.69, 9.17) is 38.4 Å². The van der Waals surface area contributed by atoms with Crippen LogP contribution in [-0.4, -0.2) is 147 Å². The second kappa shape index (κ2) is 29.9. The lowest BCUT2D eigenvalue weighted by Crippen LogP contribution is -2.39. The molecule has 0 aliphatic carbocycles. The summed E-state index contributed by atoms with van der Waals surface area (Å²) in [5.74, 6) is -0.0697. The number of carbonyl (C=O) groups is 4. The first-order valence-electron chi connectivity index (χ1n) is 26.4. The summed E-state index contributed by atoms with van der Waals surface area (Å²) < 4.78 is 33.6. The highest BCUT2D eigenvalue weighted by atomic mass is 32.1. The minimum absolute atomic E-state index is 0.194. The van der Waals surface area contributed by atoms with Gasteiger partial charge in [0.1, 0.15) is 32.0 Å². The first kappa shape index (κ1) is 62.0. The smallest absolute Gasteiger partial charge is 0.410 e. The number of hydrogen-bond donors (Lipinski definition) is 1. The van der Waals surface area contributed by atoms with E-state index in [1.54, 1.807) is 72.2 Å². The predicted molar refractivity (Wildman–Crippen MR) is 317 cm³/mol. The van der Waals surface area contributed by atoms with Crippen molar-refractivity contribution in [1.29, 1.82) is 0 Å². The van der Waals surface area contributed by atoms with Crippen LogP contribution in [0.5, 0.6) is 0 Å². The molecule has 6 aromatic rings. The van der Waals surface area contributed by atoms with Crippen LogP contribution in [-0.2, 0) is 70.4 Å². The summed E-state index contributed by atoms with van der Waals surface area (Å²) in [6, 6.07) is 16.1. The number of carbonyl (C=O) groups excluding carboxylic acids is 4. The number of thiazole rings is 2. The minimum atomic E-state index is -0.545. The third-order valence-corrected chi connectivity index (χ3v) is 16.9. The maximum absolute atomic E-state index is 13.3. The van der Waals surface area contributed by atoms with Crippen molar-refractivity contribution in [2.45, 2.75) is 111 Å². The Balaban J connectivity index is 0.000000223. The lowest BCUT2D eigenvalue weighted by atomic mass is 10.00. The van der Waals surface area contributed by atoms with Gasteiger partial charge in [-0.3, -0.25) is 14.5 Å². The predicted octanol–water partition coefficient (Wildman–Crippen LogP) is 12.3. The third-order valence-electron chi connectivity index (χ3n) is 12.4. The number of aromatic nitrogens is 2. The molecule has 0 saturated carbocycles. The highest BCUT2D eigenvalue weighted by Crippen LogP contribution is 2.46. The van der Waals surface area contributed by atoms with E-state index < -0.39 is 11.2 Å². The Morgan fingerprint density at radius 3 is 1.59 bits per heavy atom. The zero-order valence-corrected chi connectivity index (χ0v) is 50.3. The standard InChI is InChI=1S/C29H39N3O5S2.C22H23N3O3S2.C7H16O2/c1-29(2,3)37-28(34)32-13-11-21-25(19-32)38-24(26(21)27-30-22-8-6-7-9-23(22)39-27)18-20(33)10-12-31(14-16-35-4)15-17-36-5;1-5-17(26)24-20-18(19-23-14-8-6-7-9-15(14)29-19)13-10-11-25(12-16(13)30-20)21(27)28-22(2,3)4;1-8-6-4-3-5-7-9-2/h6-9H,10-19H2,1-5H3;5-9H,1,10-12H2,2-4H3,(H,24,26);3-7H2,1-2H3. The molecule has 0 saturated heterocycles. The molecule has 0 bridgehead atoms. The fourth-order valence-corrected chi connectivity index (χ4v) is 13.5. The van der Waals surface area contributed by atoms with E-state index in [0.29, 0.717) is 71.6 Å². The molecule has 0 fully saturated rings. The number of thiophene rings is 2. The topological polar surface area (TPSA) is 171 Å². The van der Waals surface area contributed by atoms with Crippen LogP contribution in [0.1, 0.15) is 93.0 Å². The Morgan fingerprint density at radius 1 is 0.641 bits per heavy atom. The molecular weight excluding hydrogens is 1070 g/mol. The van der Waals surface area contributed by atoms with Gasteiger partial charge < -0.3 is 43.5 Å². The van der Waals surface area contributed by atoms with Crippen LogP contribution in [0.3, 0.4) is 0 Å². The van der Waals surface area contributed by atoms with E-state index in [2.05, 4.69) is 22.9 Å². The highest BCUT2D eigenvalue weighted by Gasteiger charge is 2.33. The van der Waals surface area contributed by atoms with E-state index in [0.717, 1.165) is 106 Å². The number of unbranched alkanes of at least 4 members (excludes halogenated alkanes) is 2. The van der Waals surface area contributed by atoms with Crippen molar-refractivity contribution in [3.63, 3.8) is 0 Å². The number of para-hydroxylation sites is 2. The van der Waals surface area contributed by atoms with Gasteiger partial charge in [-0.1, -0.05) is 30.8 Å². The van der Waals surface area contributed by atoms with Crippen molar-refractivity contribution in [1.82, 2.24) is 24.7 Å². The molecule has 0 spiro atoms. The molecule has 0 atom stereocenters. The SMILES string of the molecule is C=CC(=O)Nc1sc2c(c1-c1nc3ccccc3s1)CCN(C(=O)OC(C)(C)C)C2.COCCCCCOC.COCCN(CCOC)CCC(=O)Cc1sc2c(c1-c1nc3ccccc3s1)CCN(C(=O)OC(C)(C)C)C2. The van der Waals surface area contributed by atoms with Crippen LogP contribution < -0.4 is 5.32 Å². The molecule has 3 amide bonds. The van der Waals surface area contributed by atoms with E-state index in [-0.39, 0.29) is 23.9 Å². The molecule has 1 N–H and O–H groups in total. The number of nitrogens with one attached hydrogen (secondary N) is 1. The Morgan fingerprint density at radius 2 is 1.12 bits per heavy atom. The zero-order valence-electron chi connectivity index (χ0n) is 47.1. The molecule has 16 nitrogen and oxygen atoms in total. The second-order valence-corrected chi connectivity index (χ2v) is 25.2. The number of fused-ring (bicyclic) bond motifs is 4. The Hall–Kier alpha value is -5.16. The average molecular weight is 1150 g/mol. The molecule has 2 aliphatic rings. The molecule has 424 valence electrons. The first-order valence-corrected chi connectivity index (χ1v) is 29.7. The van der Waals surface area contributed by atoms with Crippen molar-refractivity contribution >= 4 is 94.7 Å². The molecule has 4 aromatic heterocycles. The molecule has 78 heavy (non-hydrogen) atoms. The highest BCUT2D eigenvalue weighted by molar-refractivity contribution is 7.23. The number of hydrogen-bond acceptors (Lipinski definition) is 17. The quantitative estimate of drug-likeness (QED) is 0.0534. The van der Waals surface area contributed by atoms with Crippen LogP contribution >= 0.6 is 45.3 Å². The average Bonchev–Trinajstić information content (AvgIpc) is 4.19. The Bertz CT molecular complexity index is 2850. The minimum Gasteiger partial charge on any atom is -0.444 e. The van der Waals surface area contributed by atoms with Gasteiger partial charge in [0.05, 0.1) is 46.7 Å². The number of methoxy groups -OCH3 is 4. The van der Waals surface area contributed by atoms with Crippen LogP contribution in [0.15, 0.2) is 61.2 Å². The van der Waals surface area contributed by atoms with Crippen molar-refractivity contribution < 1.29 is 47.6 Å². The van der Waals surface area contributed by atoms with Crippen molar-refractivity contribution in [3.8, 4) is 21.1 Å². The van der Waals surface area contributed by atoms with E-state index in [1.165, 1.54) is 29.4 Å². The summed E-state index contributed by atoms with van der Waals surface area (Å²) in [7, 11) is 6.84. The van der Waals surface area contributed by atoms with Crippen LogP contribution in [0.2, 0.25) is 0 Å². The molecule has 20 heteroatoms. The van der Waals surface area contributed by atoms with Gasteiger partial charge in [0.25, 0.3) is 0 Å². The summed E-state index contributed by atoms with van der Waals surface area (Å²) in [6.07, 6.45) is 6.37. The number of ether oxygens (including phenoxy) is 6. The molecule has 2 aliphatic heterocycles. The zero-order chi connectivity index (χ0) is 56.4. The summed E-state index contributed by atoms with van der Waals surface area (Å²) >= 11 is 6.39. The number of ketones is 1. The lowest BCUT2D eigenvalue weighted by Gasteiger charge is -2.30. The Kier molecular flexibility index (Phi) is 23.8. The number of Topliss-reactive ketones (excluding diaryl/α,β-unsaturated/α-hetero) is 1. The Labute approximate surface area is 476 Å². The summed E-state index contributed by atoms with van der Waals surface area (Å²) in [5.41, 5.74) is 5.21. The molecule has 2 aromatic carbocycles. The monoisotopic (exact) mass is 1150 g/mol. The van der Waals surface area contributed by atoms with Gasteiger partial charge in [0.15, 0.2) is 0 Å². The number of amides is 3. The van der Waals surface area contributed by atoms with Crippen LogP contribution in [0, 0.1) is 0 Å². The third kappa shape index (κ3) is 18.2. The summed E-state index contributed by atoms with van der Waals surface area (Å²) in [5, 5.41) is 5.50. The van der Waals surface area contributed by atoms with Gasteiger partial charge in [-0.05, 0) is 115 Å². The molecule has 6 heterocycles. The number of benzene rings is 2. The van der Waals surface area contributed by atoms with E-state index in [1.807, 2.05) is 84.0 Å². The molecule has 8 rings (SSSR count). The first-order chi connectivity index (χ1) is 37.3. The van der Waals surface area contributed by atoms with E-state index in [9.17, 15) is 19.2 Å². The van der Waals surface area contributed by atoms with Gasteiger partial charge in [-0.2, -0.15) is 0 Å². The second-order valence-electron chi connectivity index (χ2n) is 20.8. The van der Waals surface area contributed by atoms with Crippen LogP contribution in [0.25, 0.3) is 41.6 Å². The maximum atomic E-state index is 13.3. The summed E-state index contributed by atoms with van der Waals surface area (Å²) in [4.78, 5) is 69.3.